The van der Waals surface area contributed by atoms with Crippen LogP contribution in [0.4, 0.5) is 0 Å². The molecule has 0 bridgehead atoms. The van der Waals surface area contributed by atoms with E-state index in [9.17, 15) is 4.79 Å². The zero-order valence-corrected chi connectivity index (χ0v) is 17.9. The van der Waals surface area contributed by atoms with E-state index in [-0.39, 0.29) is 5.91 Å². The number of benzene rings is 1. The molecular formula is C20H34N4OS2. The van der Waals surface area contributed by atoms with E-state index in [0.717, 1.165) is 70.2 Å². The van der Waals surface area contributed by atoms with Gasteiger partial charge < -0.3 is 10.6 Å². The lowest BCUT2D eigenvalue weighted by Crippen LogP contribution is -2.48. The lowest BCUT2D eigenvalue weighted by atomic mass is 10.0. The summed E-state index contributed by atoms with van der Waals surface area (Å²) in [6, 6.07) is 10.9. The summed E-state index contributed by atoms with van der Waals surface area (Å²) in [5.74, 6) is 1.72. The molecule has 2 N–H and O–H groups in total. The molecule has 0 saturated carbocycles. The van der Waals surface area contributed by atoms with Crippen molar-refractivity contribution in [2.24, 2.45) is 0 Å². The number of rotatable bonds is 12. The SMILES string of the molecule is O=C(CN(CCS)CCNCCS)NC1CCN(Cc2ccccc2)CC1. The highest BCUT2D eigenvalue weighted by atomic mass is 32.1. The first kappa shape index (κ1) is 22.6. The number of nitrogens with zero attached hydrogens (tertiary/aromatic N) is 2. The van der Waals surface area contributed by atoms with E-state index in [1.807, 2.05) is 0 Å². The van der Waals surface area contributed by atoms with Crippen LogP contribution in [0.1, 0.15) is 18.4 Å². The fourth-order valence-electron chi connectivity index (χ4n) is 3.41. The van der Waals surface area contributed by atoms with Crippen LogP contribution in [0.25, 0.3) is 0 Å². The molecule has 0 spiro atoms. The second-order valence-electron chi connectivity index (χ2n) is 7.08. The van der Waals surface area contributed by atoms with Gasteiger partial charge in [0.15, 0.2) is 0 Å². The van der Waals surface area contributed by atoms with Gasteiger partial charge in [-0.15, -0.1) is 0 Å². The summed E-state index contributed by atoms with van der Waals surface area (Å²) in [5.41, 5.74) is 1.36. The fraction of sp³-hybridized carbons (Fsp3) is 0.650. The predicted molar refractivity (Wildman–Crippen MR) is 120 cm³/mol. The van der Waals surface area contributed by atoms with Gasteiger partial charge in [0.1, 0.15) is 0 Å². The lowest BCUT2D eigenvalue weighted by molar-refractivity contribution is -0.123. The summed E-state index contributed by atoms with van der Waals surface area (Å²) in [7, 11) is 0. The third-order valence-corrected chi connectivity index (χ3v) is 5.30. The molecule has 1 aliphatic heterocycles. The number of piperidine rings is 1. The molecule has 0 atom stereocenters. The van der Waals surface area contributed by atoms with Gasteiger partial charge in [-0.1, -0.05) is 30.3 Å². The summed E-state index contributed by atoms with van der Waals surface area (Å²) in [6.45, 7) is 6.97. The summed E-state index contributed by atoms with van der Waals surface area (Å²) in [6.07, 6.45) is 2.04. The van der Waals surface area contributed by atoms with Crippen LogP contribution in [0.3, 0.4) is 0 Å². The van der Waals surface area contributed by atoms with Crippen LogP contribution in [0, 0.1) is 0 Å². The predicted octanol–water partition coefficient (Wildman–Crippen LogP) is 1.52. The Labute approximate surface area is 175 Å². The summed E-state index contributed by atoms with van der Waals surface area (Å²) in [4.78, 5) is 17.1. The van der Waals surface area contributed by atoms with Gasteiger partial charge in [-0.25, -0.2) is 0 Å². The second-order valence-corrected chi connectivity index (χ2v) is 7.97. The zero-order chi connectivity index (χ0) is 19.3. The van der Waals surface area contributed by atoms with Gasteiger partial charge in [0, 0.05) is 63.4 Å². The molecule has 0 radical (unpaired) electrons. The van der Waals surface area contributed by atoms with Gasteiger partial charge in [-0.3, -0.25) is 14.6 Å². The lowest BCUT2D eigenvalue weighted by Gasteiger charge is -2.33. The van der Waals surface area contributed by atoms with Crippen molar-refractivity contribution < 1.29 is 4.79 Å². The maximum absolute atomic E-state index is 12.4. The summed E-state index contributed by atoms with van der Waals surface area (Å²) < 4.78 is 0. The van der Waals surface area contributed by atoms with Crippen LogP contribution < -0.4 is 10.6 Å². The molecule has 152 valence electrons. The molecule has 1 amide bonds. The molecule has 5 nitrogen and oxygen atoms in total. The van der Waals surface area contributed by atoms with Gasteiger partial charge in [0.25, 0.3) is 0 Å². The van der Waals surface area contributed by atoms with E-state index in [0.29, 0.717) is 12.6 Å². The topological polar surface area (TPSA) is 47.6 Å². The Hall–Kier alpha value is -0.730. The maximum atomic E-state index is 12.4. The molecule has 1 aromatic rings. The molecular weight excluding hydrogens is 376 g/mol. The number of nitrogens with one attached hydrogen (secondary N) is 2. The van der Waals surface area contributed by atoms with Gasteiger partial charge in [0.05, 0.1) is 6.54 Å². The van der Waals surface area contributed by atoms with E-state index in [4.69, 9.17) is 0 Å². The van der Waals surface area contributed by atoms with Crippen LogP contribution in [0.15, 0.2) is 30.3 Å². The van der Waals surface area contributed by atoms with Crippen molar-refractivity contribution in [3.63, 3.8) is 0 Å². The molecule has 1 heterocycles. The number of hydrogen-bond donors (Lipinski definition) is 4. The average Bonchev–Trinajstić information content (AvgIpc) is 2.68. The molecule has 0 aliphatic carbocycles. The Morgan fingerprint density at radius 1 is 1.07 bits per heavy atom. The molecule has 0 unspecified atom stereocenters. The van der Waals surface area contributed by atoms with Gasteiger partial charge >= 0.3 is 0 Å². The minimum atomic E-state index is 0.132. The largest absolute Gasteiger partial charge is 0.352 e. The highest BCUT2D eigenvalue weighted by Gasteiger charge is 2.21. The van der Waals surface area contributed by atoms with Crippen LogP contribution in [0.2, 0.25) is 0 Å². The Kier molecular flexibility index (Phi) is 11.2. The second kappa shape index (κ2) is 13.4. The molecule has 2 rings (SSSR count). The van der Waals surface area contributed by atoms with Crippen molar-refractivity contribution in [2.75, 3.05) is 57.3 Å². The molecule has 27 heavy (non-hydrogen) atoms. The number of carbonyl (C=O) groups excluding carboxylic acids is 1. The van der Waals surface area contributed by atoms with E-state index in [2.05, 4.69) is 76.0 Å². The minimum absolute atomic E-state index is 0.132. The molecule has 0 aromatic heterocycles. The van der Waals surface area contributed by atoms with E-state index >= 15 is 0 Å². The van der Waals surface area contributed by atoms with Crippen molar-refractivity contribution in [3.05, 3.63) is 35.9 Å². The first-order valence-electron chi connectivity index (χ1n) is 9.91. The van der Waals surface area contributed by atoms with Gasteiger partial charge in [0.2, 0.25) is 5.91 Å². The van der Waals surface area contributed by atoms with Gasteiger partial charge in [-0.05, 0) is 18.4 Å². The quantitative estimate of drug-likeness (QED) is 0.312. The highest BCUT2D eigenvalue weighted by Crippen LogP contribution is 2.13. The minimum Gasteiger partial charge on any atom is -0.352 e. The Morgan fingerprint density at radius 2 is 1.81 bits per heavy atom. The first-order chi connectivity index (χ1) is 13.2. The standard InChI is InChI=1S/C20H34N4OS2/c25-20(17-24(13-15-27)12-8-21-9-14-26)22-19-6-10-23(11-7-19)16-18-4-2-1-3-5-18/h1-5,19,21,26-27H,6-17H2,(H,22,25). The third kappa shape index (κ3) is 9.34. The fourth-order valence-corrected chi connectivity index (χ4v) is 3.85. The first-order valence-corrected chi connectivity index (χ1v) is 11.2. The van der Waals surface area contributed by atoms with Crippen LogP contribution in [-0.4, -0.2) is 79.1 Å². The summed E-state index contributed by atoms with van der Waals surface area (Å²) >= 11 is 8.51. The zero-order valence-electron chi connectivity index (χ0n) is 16.1. The Balaban J connectivity index is 1.66. The monoisotopic (exact) mass is 410 g/mol. The number of amides is 1. The van der Waals surface area contributed by atoms with E-state index in [1.165, 1.54) is 5.56 Å². The third-order valence-electron chi connectivity index (χ3n) is 4.88. The molecule has 7 heteroatoms. The van der Waals surface area contributed by atoms with Crippen molar-refractivity contribution in [1.29, 1.82) is 0 Å². The maximum Gasteiger partial charge on any atom is 0.234 e. The van der Waals surface area contributed by atoms with E-state index < -0.39 is 0 Å². The molecule has 1 fully saturated rings. The number of carbonyl (C=O) groups is 1. The molecule has 1 aromatic carbocycles. The average molecular weight is 411 g/mol. The number of hydrogen-bond acceptors (Lipinski definition) is 6. The van der Waals surface area contributed by atoms with Crippen molar-refractivity contribution in [3.8, 4) is 0 Å². The van der Waals surface area contributed by atoms with Crippen molar-refractivity contribution in [1.82, 2.24) is 20.4 Å². The van der Waals surface area contributed by atoms with Crippen LogP contribution >= 0.6 is 25.3 Å². The molecule has 1 saturated heterocycles. The Bertz CT molecular complexity index is 524. The number of likely N-dealkylation sites (tertiary alicyclic amines) is 1. The van der Waals surface area contributed by atoms with Crippen molar-refractivity contribution in [2.45, 2.75) is 25.4 Å². The normalized spacial score (nSPS) is 16.0. The number of thiol groups is 2. The van der Waals surface area contributed by atoms with Crippen molar-refractivity contribution >= 4 is 31.2 Å². The Morgan fingerprint density at radius 3 is 2.48 bits per heavy atom. The van der Waals surface area contributed by atoms with Crippen LogP contribution in [-0.2, 0) is 11.3 Å². The summed E-state index contributed by atoms with van der Waals surface area (Å²) in [5, 5.41) is 6.55. The van der Waals surface area contributed by atoms with Gasteiger partial charge in [-0.2, -0.15) is 25.3 Å². The highest BCUT2D eigenvalue weighted by molar-refractivity contribution is 7.80. The van der Waals surface area contributed by atoms with Crippen LogP contribution in [0.5, 0.6) is 0 Å². The van der Waals surface area contributed by atoms with E-state index in [1.54, 1.807) is 0 Å². The smallest absolute Gasteiger partial charge is 0.234 e. The molecule has 1 aliphatic rings.